The fourth-order valence-electron chi connectivity index (χ4n) is 1.95. The van der Waals surface area contributed by atoms with Crippen LogP contribution < -0.4 is 9.46 Å². The second-order valence-corrected chi connectivity index (χ2v) is 6.62. The van der Waals surface area contributed by atoms with Crippen LogP contribution in [0.2, 0.25) is 5.02 Å². The molecular formula is C14H10ClF4NO3S. The Balaban J connectivity index is 2.56. The number of hydrogen-bond acceptors (Lipinski definition) is 3. The Labute approximate surface area is 140 Å². The van der Waals surface area contributed by atoms with Gasteiger partial charge in [0, 0.05) is 0 Å². The quantitative estimate of drug-likeness (QED) is 0.800. The maximum absolute atomic E-state index is 13.1. The number of nitrogens with one attached hydrogen (secondary N) is 1. The number of benzene rings is 2. The summed E-state index contributed by atoms with van der Waals surface area (Å²) in [4.78, 5) is -1.11. The molecule has 0 saturated heterocycles. The van der Waals surface area contributed by atoms with Crippen LogP contribution in [0.4, 0.5) is 23.2 Å². The molecule has 0 amide bonds. The highest BCUT2D eigenvalue weighted by Gasteiger charge is 2.38. The van der Waals surface area contributed by atoms with Gasteiger partial charge in [-0.25, -0.2) is 12.8 Å². The number of para-hydroxylation sites is 1. The van der Waals surface area contributed by atoms with Gasteiger partial charge >= 0.3 is 6.18 Å². The van der Waals surface area contributed by atoms with E-state index in [1.165, 1.54) is 25.3 Å². The van der Waals surface area contributed by atoms with Gasteiger partial charge in [-0.05, 0) is 30.3 Å². The van der Waals surface area contributed by atoms with E-state index in [2.05, 4.69) is 0 Å². The predicted octanol–water partition coefficient (Wildman–Crippen LogP) is 4.31. The molecule has 0 bridgehead atoms. The highest BCUT2D eigenvalue weighted by atomic mass is 35.5. The predicted molar refractivity (Wildman–Crippen MR) is 80.2 cm³/mol. The largest absolute Gasteiger partial charge is 0.493 e. The van der Waals surface area contributed by atoms with Gasteiger partial charge in [0.1, 0.15) is 5.82 Å². The molecule has 0 fully saturated rings. The van der Waals surface area contributed by atoms with E-state index in [0.717, 1.165) is 0 Å². The molecule has 0 unspecified atom stereocenters. The number of anilines is 1. The lowest BCUT2D eigenvalue weighted by atomic mass is 10.2. The van der Waals surface area contributed by atoms with Gasteiger partial charge in [-0.1, -0.05) is 17.7 Å². The van der Waals surface area contributed by atoms with Gasteiger partial charge in [-0.3, -0.25) is 4.72 Å². The highest BCUT2D eigenvalue weighted by molar-refractivity contribution is 7.92. The normalized spacial score (nSPS) is 12.1. The van der Waals surface area contributed by atoms with Gasteiger partial charge in [0.2, 0.25) is 0 Å². The van der Waals surface area contributed by atoms with Crippen molar-refractivity contribution in [1.29, 1.82) is 0 Å². The topological polar surface area (TPSA) is 55.4 Å². The third-order valence-corrected chi connectivity index (χ3v) is 4.67. The molecule has 0 spiro atoms. The Morgan fingerprint density at radius 2 is 1.83 bits per heavy atom. The van der Waals surface area contributed by atoms with Crippen molar-refractivity contribution in [1.82, 2.24) is 0 Å². The number of sulfonamides is 1. The van der Waals surface area contributed by atoms with Gasteiger partial charge in [0.05, 0.1) is 28.3 Å². The second-order valence-electron chi connectivity index (χ2n) is 4.56. The van der Waals surface area contributed by atoms with Crippen LogP contribution in [-0.4, -0.2) is 15.5 Å². The molecule has 0 aliphatic heterocycles. The minimum atomic E-state index is -5.05. The van der Waals surface area contributed by atoms with E-state index in [-0.39, 0.29) is 22.5 Å². The number of ether oxygens (including phenoxy) is 1. The lowest BCUT2D eigenvalue weighted by molar-refractivity contribution is -0.140. The van der Waals surface area contributed by atoms with Crippen molar-refractivity contribution in [2.24, 2.45) is 0 Å². The first-order valence-electron chi connectivity index (χ1n) is 6.28. The summed E-state index contributed by atoms with van der Waals surface area (Å²) < 4.78 is 83.7. The Kier molecular flexibility index (Phi) is 4.95. The molecular weight excluding hydrogens is 374 g/mol. The molecule has 2 aromatic carbocycles. The van der Waals surface area contributed by atoms with Crippen molar-refractivity contribution in [2.75, 3.05) is 11.8 Å². The van der Waals surface area contributed by atoms with Crippen LogP contribution in [0.3, 0.4) is 0 Å². The molecule has 0 radical (unpaired) electrons. The SMILES string of the molecule is COc1c(Cl)cccc1NS(=O)(=O)c1ccc(F)cc1C(F)(F)F. The van der Waals surface area contributed by atoms with Crippen LogP contribution in [0, 0.1) is 5.82 Å². The third kappa shape index (κ3) is 3.73. The number of methoxy groups -OCH3 is 1. The van der Waals surface area contributed by atoms with Crippen LogP contribution in [0.1, 0.15) is 5.56 Å². The minimum Gasteiger partial charge on any atom is -0.493 e. The average Bonchev–Trinajstić information content (AvgIpc) is 2.46. The van der Waals surface area contributed by atoms with Crippen molar-refractivity contribution in [3.8, 4) is 5.75 Å². The van der Waals surface area contributed by atoms with E-state index in [9.17, 15) is 26.0 Å². The summed E-state index contributed by atoms with van der Waals surface area (Å²) in [5, 5.41) is 0.0628. The van der Waals surface area contributed by atoms with E-state index in [4.69, 9.17) is 16.3 Å². The first-order chi connectivity index (χ1) is 11.1. The molecule has 130 valence electrons. The lowest BCUT2D eigenvalue weighted by Crippen LogP contribution is -2.19. The Morgan fingerprint density at radius 1 is 1.17 bits per heavy atom. The molecule has 2 aromatic rings. The Hall–Kier alpha value is -2.00. The molecule has 0 heterocycles. The first-order valence-corrected chi connectivity index (χ1v) is 8.14. The molecule has 0 aromatic heterocycles. The first kappa shape index (κ1) is 18.3. The molecule has 10 heteroatoms. The molecule has 0 atom stereocenters. The van der Waals surface area contributed by atoms with Gasteiger partial charge in [0.25, 0.3) is 10.0 Å². The molecule has 0 saturated carbocycles. The summed E-state index contributed by atoms with van der Waals surface area (Å²) in [6.45, 7) is 0. The number of hydrogen-bond donors (Lipinski definition) is 1. The van der Waals surface area contributed by atoms with Crippen molar-refractivity contribution in [3.05, 3.63) is 52.8 Å². The monoisotopic (exact) mass is 383 g/mol. The number of rotatable bonds is 4. The average molecular weight is 384 g/mol. The summed E-state index contributed by atoms with van der Waals surface area (Å²) in [5.74, 6) is -1.26. The summed E-state index contributed by atoms with van der Waals surface area (Å²) in [6.07, 6.45) is -5.05. The number of halogens is 5. The highest BCUT2D eigenvalue weighted by Crippen LogP contribution is 2.37. The Bertz CT molecular complexity index is 869. The second kappa shape index (κ2) is 6.48. The molecule has 0 aliphatic carbocycles. The zero-order valence-electron chi connectivity index (χ0n) is 12.0. The van der Waals surface area contributed by atoms with E-state index < -0.39 is 32.5 Å². The molecule has 0 aliphatic rings. The third-order valence-electron chi connectivity index (χ3n) is 2.95. The van der Waals surface area contributed by atoms with Crippen LogP contribution in [-0.2, 0) is 16.2 Å². The van der Waals surface area contributed by atoms with Gasteiger partial charge in [-0.15, -0.1) is 0 Å². The fraction of sp³-hybridized carbons (Fsp3) is 0.143. The van der Waals surface area contributed by atoms with Crippen molar-refractivity contribution >= 4 is 27.3 Å². The van der Waals surface area contributed by atoms with E-state index in [1.54, 1.807) is 0 Å². The maximum atomic E-state index is 13.1. The lowest BCUT2D eigenvalue weighted by Gasteiger charge is -2.16. The van der Waals surface area contributed by atoms with Gasteiger partial charge in [-0.2, -0.15) is 13.2 Å². The molecule has 4 nitrogen and oxygen atoms in total. The van der Waals surface area contributed by atoms with Crippen LogP contribution in [0.15, 0.2) is 41.3 Å². The van der Waals surface area contributed by atoms with Crippen LogP contribution in [0.5, 0.6) is 5.75 Å². The van der Waals surface area contributed by atoms with E-state index in [0.29, 0.717) is 12.1 Å². The van der Waals surface area contributed by atoms with Crippen molar-refractivity contribution < 1.29 is 30.7 Å². The summed E-state index contributed by atoms with van der Waals surface area (Å²) in [6, 6.07) is 5.34. The zero-order chi connectivity index (χ0) is 18.1. The summed E-state index contributed by atoms with van der Waals surface area (Å²) in [5.41, 5.74) is -1.77. The van der Waals surface area contributed by atoms with Crippen molar-refractivity contribution in [3.63, 3.8) is 0 Å². The summed E-state index contributed by atoms with van der Waals surface area (Å²) in [7, 11) is -3.45. The smallest absolute Gasteiger partial charge is 0.417 e. The zero-order valence-corrected chi connectivity index (χ0v) is 13.6. The molecule has 1 N–H and O–H groups in total. The molecule has 2 rings (SSSR count). The van der Waals surface area contributed by atoms with Crippen molar-refractivity contribution in [2.45, 2.75) is 11.1 Å². The number of alkyl halides is 3. The van der Waals surface area contributed by atoms with Crippen LogP contribution >= 0.6 is 11.6 Å². The van der Waals surface area contributed by atoms with E-state index in [1.807, 2.05) is 4.72 Å². The molecule has 24 heavy (non-hydrogen) atoms. The Morgan fingerprint density at radius 3 is 2.42 bits per heavy atom. The summed E-state index contributed by atoms with van der Waals surface area (Å²) >= 11 is 5.84. The minimum absolute atomic E-state index is 0.0570. The van der Waals surface area contributed by atoms with Crippen LogP contribution in [0.25, 0.3) is 0 Å². The maximum Gasteiger partial charge on any atom is 0.417 e. The van der Waals surface area contributed by atoms with E-state index >= 15 is 0 Å². The van der Waals surface area contributed by atoms with Gasteiger partial charge < -0.3 is 4.74 Å². The van der Waals surface area contributed by atoms with Gasteiger partial charge in [0.15, 0.2) is 5.75 Å². The fourth-order valence-corrected chi connectivity index (χ4v) is 3.48. The standard InChI is InChI=1S/C14H10ClF4NO3S/c1-23-13-10(15)3-2-4-11(13)20-24(21,22)12-6-5-8(16)7-9(12)14(17,18)19/h2-7,20H,1H3.